The first-order chi connectivity index (χ1) is 15.7. The molecule has 1 aliphatic carbocycles. The topological polar surface area (TPSA) is 77.4 Å². The van der Waals surface area contributed by atoms with Gasteiger partial charge in [-0.05, 0) is 61.8 Å². The van der Waals surface area contributed by atoms with E-state index in [4.69, 9.17) is 18.9 Å². The highest BCUT2D eigenvalue weighted by Crippen LogP contribution is 2.29. The maximum Gasteiger partial charge on any atom is 0.119 e. The van der Waals surface area contributed by atoms with Crippen molar-refractivity contribution in [3.05, 3.63) is 60.7 Å². The van der Waals surface area contributed by atoms with Crippen LogP contribution in [0, 0.1) is 11.8 Å². The fraction of sp³-hybridized carbons (Fsp3) is 0.538. The zero-order chi connectivity index (χ0) is 22.4. The van der Waals surface area contributed by atoms with Gasteiger partial charge in [0.1, 0.15) is 36.9 Å². The Labute approximate surface area is 191 Å². The molecule has 0 radical (unpaired) electrons. The minimum Gasteiger partial charge on any atom is -0.491 e. The molecule has 1 saturated carbocycles. The van der Waals surface area contributed by atoms with Crippen LogP contribution in [0.15, 0.2) is 60.7 Å². The zero-order valence-corrected chi connectivity index (χ0v) is 18.7. The first kappa shape index (κ1) is 24.5. The largest absolute Gasteiger partial charge is 0.491 e. The molecule has 0 amide bonds. The maximum absolute atomic E-state index is 10.0. The van der Waals surface area contributed by atoms with Gasteiger partial charge in [-0.25, -0.2) is 0 Å². The van der Waals surface area contributed by atoms with E-state index in [2.05, 4.69) is 0 Å². The van der Waals surface area contributed by atoms with Gasteiger partial charge in [-0.15, -0.1) is 0 Å². The molecule has 2 aromatic carbocycles. The van der Waals surface area contributed by atoms with Crippen LogP contribution in [0.5, 0.6) is 11.5 Å². The van der Waals surface area contributed by atoms with E-state index in [1.807, 2.05) is 60.7 Å². The van der Waals surface area contributed by atoms with E-state index in [9.17, 15) is 10.2 Å². The Kier molecular flexibility index (Phi) is 10.8. The summed E-state index contributed by atoms with van der Waals surface area (Å²) in [5, 5.41) is 20.1. The average molecular weight is 445 g/mol. The van der Waals surface area contributed by atoms with E-state index < -0.39 is 12.2 Å². The Bertz CT molecular complexity index is 654. The predicted octanol–water partition coefficient (Wildman–Crippen LogP) is 3.71. The van der Waals surface area contributed by atoms with Crippen molar-refractivity contribution in [2.45, 2.75) is 37.9 Å². The van der Waals surface area contributed by atoms with Crippen LogP contribution in [-0.2, 0) is 9.47 Å². The van der Waals surface area contributed by atoms with Gasteiger partial charge in [0, 0.05) is 13.2 Å². The van der Waals surface area contributed by atoms with Crippen LogP contribution in [0.2, 0.25) is 0 Å². The van der Waals surface area contributed by atoms with Crippen molar-refractivity contribution >= 4 is 0 Å². The molecular weight excluding hydrogens is 408 g/mol. The molecule has 2 atom stereocenters. The maximum atomic E-state index is 10.0. The SMILES string of the molecule is OC(COCC1CCC(COCC(O)COc2ccccc2)CC1)COc1ccccc1. The number of para-hydroxylation sites is 2. The summed E-state index contributed by atoms with van der Waals surface area (Å²) in [6, 6.07) is 19.0. The normalized spacial score (nSPS) is 20.4. The number of hydrogen-bond acceptors (Lipinski definition) is 6. The van der Waals surface area contributed by atoms with E-state index in [1.165, 1.54) is 0 Å². The van der Waals surface area contributed by atoms with Crippen molar-refractivity contribution in [1.29, 1.82) is 0 Å². The van der Waals surface area contributed by atoms with Gasteiger partial charge < -0.3 is 29.2 Å². The van der Waals surface area contributed by atoms with Crippen molar-refractivity contribution in [2.24, 2.45) is 11.8 Å². The van der Waals surface area contributed by atoms with Crippen molar-refractivity contribution in [1.82, 2.24) is 0 Å². The molecule has 176 valence electrons. The van der Waals surface area contributed by atoms with Gasteiger partial charge in [0.25, 0.3) is 0 Å². The summed E-state index contributed by atoms with van der Waals surface area (Å²) in [4.78, 5) is 0. The van der Waals surface area contributed by atoms with Crippen LogP contribution in [-0.4, -0.2) is 62.1 Å². The molecule has 6 nitrogen and oxygen atoms in total. The van der Waals surface area contributed by atoms with Crippen molar-refractivity contribution in [3.63, 3.8) is 0 Å². The van der Waals surface area contributed by atoms with Crippen LogP contribution in [0.3, 0.4) is 0 Å². The second kappa shape index (κ2) is 14.1. The summed E-state index contributed by atoms with van der Waals surface area (Å²) in [5.74, 6) is 2.56. The Morgan fingerprint density at radius 1 is 0.594 bits per heavy atom. The highest BCUT2D eigenvalue weighted by molar-refractivity contribution is 5.21. The highest BCUT2D eigenvalue weighted by Gasteiger charge is 2.22. The molecule has 2 unspecified atom stereocenters. The van der Waals surface area contributed by atoms with Gasteiger partial charge in [-0.3, -0.25) is 0 Å². The Hall–Kier alpha value is -2.12. The van der Waals surface area contributed by atoms with E-state index in [0.29, 0.717) is 38.3 Å². The molecule has 0 saturated heterocycles. The van der Waals surface area contributed by atoms with Crippen molar-refractivity contribution in [2.75, 3.05) is 39.6 Å². The molecule has 2 aromatic rings. The number of aliphatic hydroxyl groups is 2. The summed E-state index contributed by atoms with van der Waals surface area (Å²) in [7, 11) is 0. The van der Waals surface area contributed by atoms with Crippen molar-refractivity contribution in [3.8, 4) is 11.5 Å². The van der Waals surface area contributed by atoms with Crippen molar-refractivity contribution < 1.29 is 29.2 Å². The number of ether oxygens (including phenoxy) is 4. The molecule has 3 rings (SSSR count). The Morgan fingerprint density at radius 3 is 1.34 bits per heavy atom. The molecule has 6 heteroatoms. The third-order valence-electron chi connectivity index (χ3n) is 5.67. The summed E-state index contributed by atoms with van der Waals surface area (Å²) < 4.78 is 22.5. The lowest BCUT2D eigenvalue weighted by Crippen LogP contribution is -2.28. The molecule has 0 aromatic heterocycles. The molecular formula is C26H36O6. The van der Waals surface area contributed by atoms with Crippen LogP contribution in [0.25, 0.3) is 0 Å². The average Bonchev–Trinajstić information content (AvgIpc) is 2.84. The third-order valence-corrected chi connectivity index (χ3v) is 5.67. The molecule has 1 aliphatic rings. The molecule has 0 bridgehead atoms. The quantitative estimate of drug-likeness (QED) is 0.463. The smallest absolute Gasteiger partial charge is 0.119 e. The monoisotopic (exact) mass is 444 g/mol. The summed E-state index contributed by atoms with van der Waals surface area (Å²) in [6.45, 7) is 2.39. The molecule has 0 heterocycles. The zero-order valence-electron chi connectivity index (χ0n) is 18.7. The minimum atomic E-state index is -0.628. The van der Waals surface area contributed by atoms with E-state index >= 15 is 0 Å². The summed E-state index contributed by atoms with van der Waals surface area (Å²) in [5.41, 5.74) is 0. The number of benzene rings is 2. The molecule has 2 N–H and O–H groups in total. The lowest BCUT2D eigenvalue weighted by atomic mass is 9.83. The molecule has 1 fully saturated rings. The second-order valence-electron chi connectivity index (χ2n) is 8.52. The lowest BCUT2D eigenvalue weighted by molar-refractivity contribution is -0.0181. The lowest BCUT2D eigenvalue weighted by Gasteiger charge is -2.28. The molecule has 32 heavy (non-hydrogen) atoms. The fourth-order valence-corrected chi connectivity index (χ4v) is 3.82. The molecule has 0 spiro atoms. The minimum absolute atomic E-state index is 0.232. The van der Waals surface area contributed by atoms with Gasteiger partial charge in [0.2, 0.25) is 0 Å². The second-order valence-corrected chi connectivity index (χ2v) is 8.52. The van der Waals surface area contributed by atoms with Gasteiger partial charge in [-0.2, -0.15) is 0 Å². The standard InChI is InChI=1S/C26H36O6/c27-23(19-31-25-7-3-1-4-8-25)17-29-15-21-11-13-22(14-12-21)16-30-18-24(28)20-32-26-9-5-2-6-10-26/h1-10,21-24,27-28H,11-20H2. The van der Waals surface area contributed by atoms with Gasteiger partial charge in [-0.1, -0.05) is 36.4 Å². The fourth-order valence-electron chi connectivity index (χ4n) is 3.82. The first-order valence-electron chi connectivity index (χ1n) is 11.6. The van der Waals surface area contributed by atoms with Crippen LogP contribution in [0.1, 0.15) is 25.7 Å². The van der Waals surface area contributed by atoms with E-state index in [1.54, 1.807) is 0 Å². The van der Waals surface area contributed by atoms with Gasteiger partial charge in [0.15, 0.2) is 0 Å². The number of hydrogen-bond donors (Lipinski definition) is 2. The summed E-state index contributed by atoms with van der Waals surface area (Å²) >= 11 is 0. The Morgan fingerprint density at radius 2 is 0.969 bits per heavy atom. The predicted molar refractivity (Wildman–Crippen MR) is 123 cm³/mol. The third kappa shape index (κ3) is 9.57. The van der Waals surface area contributed by atoms with Gasteiger partial charge in [0.05, 0.1) is 13.2 Å². The van der Waals surface area contributed by atoms with Crippen LogP contribution in [0.4, 0.5) is 0 Å². The number of rotatable bonds is 14. The highest BCUT2D eigenvalue weighted by atomic mass is 16.5. The molecule has 0 aliphatic heterocycles. The van der Waals surface area contributed by atoms with Crippen LogP contribution >= 0.6 is 0 Å². The van der Waals surface area contributed by atoms with Crippen LogP contribution < -0.4 is 9.47 Å². The van der Waals surface area contributed by atoms with E-state index in [0.717, 1.165) is 37.2 Å². The summed E-state index contributed by atoms with van der Waals surface area (Å²) in [6.07, 6.45) is 3.15. The van der Waals surface area contributed by atoms with Gasteiger partial charge >= 0.3 is 0 Å². The number of aliphatic hydroxyl groups excluding tert-OH is 2. The first-order valence-corrected chi connectivity index (χ1v) is 11.6. The Balaban J connectivity index is 1.18. The van der Waals surface area contributed by atoms with E-state index in [-0.39, 0.29) is 13.2 Å².